The van der Waals surface area contributed by atoms with Crippen molar-refractivity contribution in [3.8, 4) is 0 Å². The maximum atomic E-state index is 10.9. The highest BCUT2D eigenvalue weighted by Gasteiger charge is 1.98. The molecule has 12 heavy (non-hydrogen) atoms. The normalized spacial score (nSPS) is 10.3. The molecule has 0 aromatic carbocycles. The smallest absolute Gasteiger partial charge is 0.245 e. The lowest BCUT2D eigenvalue weighted by Gasteiger charge is -2.05. The van der Waals surface area contributed by atoms with E-state index >= 15 is 0 Å². The summed E-state index contributed by atoms with van der Waals surface area (Å²) in [5, 5.41) is 2.78. The van der Waals surface area contributed by atoms with E-state index in [0.717, 1.165) is 19.4 Å². The van der Waals surface area contributed by atoms with Crippen molar-refractivity contribution < 1.29 is 9.53 Å². The maximum absolute atomic E-state index is 10.9. The first-order chi connectivity index (χ1) is 5.66. The Hall–Kier alpha value is -0.570. The summed E-state index contributed by atoms with van der Waals surface area (Å²) >= 11 is 0. The zero-order valence-corrected chi connectivity index (χ0v) is 8.22. The molecule has 0 aromatic heterocycles. The predicted octanol–water partition coefficient (Wildman–Crippen LogP) is 1.19. The number of carbonyl (C=O) groups excluding carboxylic acids is 1. The molecule has 0 atom stereocenters. The van der Waals surface area contributed by atoms with Gasteiger partial charge in [-0.05, 0) is 18.8 Å². The summed E-state index contributed by atoms with van der Waals surface area (Å²) in [5.41, 5.74) is 0. The summed E-state index contributed by atoms with van der Waals surface area (Å²) < 4.78 is 4.67. The highest BCUT2D eigenvalue weighted by atomic mass is 16.5. The van der Waals surface area contributed by atoms with Crippen LogP contribution in [0.1, 0.15) is 26.7 Å². The van der Waals surface area contributed by atoms with Crippen LogP contribution in [0.2, 0.25) is 0 Å². The fourth-order valence-electron chi connectivity index (χ4n) is 0.920. The van der Waals surface area contributed by atoms with Crippen LogP contribution in [0.4, 0.5) is 0 Å². The molecule has 0 aliphatic carbocycles. The standard InChI is InChI=1S/C9H19NO2/c1-8(2)5-4-6-10-9(11)7-12-3/h8H,4-7H2,1-3H3,(H,10,11). The fourth-order valence-corrected chi connectivity index (χ4v) is 0.920. The van der Waals surface area contributed by atoms with E-state index in [-0.39, 0.29) is 12.5 Å². The van der Waals surface area contributed by atoms with Crippen LogP contribution in [0.25, 0.3) is 0 Å². The molecule has 0 saturated heterocycles. The second kappa shape index (κ2) is 7.10. The molecule has 0 fully saturated rings. The van der Waals surface area contributed by atoms with E-state index in [4.69, 9.17) is 0 Å². The lowest BCUT2D eigenvalue weighted by molar-refractivity contribution is -0.124. The molecule has 0 heterocycles. The molecule has 0 aromatic rings. The van der Waals surface area contributed by atoms with Gasteiger partial charge >= 0.3 is 0 Å². The largest absolute Gasteiger partial charge is 0.375 e. The van der Waals surface area contributed by atoms with Crippen LogP contribution < -0.4 is 5.32 Å². The minimum Gasteiger partial charge on any atom is -0.375 e. The van der Waals surface area contributed by atoms with Crippen LogP contribution in [-0.2, 0) is 9.53 Å². The number of carbonyl (C=O) groups is 1. The fraction of sp³-hybridized carbons (Fsp3) is 0.889. The summed E-state index contributed by atoms with van der Waals surface area (Å²) in [4.78, 5) is 10.9. The van der Waals surface area contributed by atoms with E-state index in [1.807, 2.05) is 0 Å². The van der Waals surface area contributed by atoms with Gasteiger partial charge in [-0.25, -0.2) is 0 Å². The Balaban J connectivity index is 3.14. The van der Waals surface area contributed by atoms with Crippen molar-refractivity contribution in [2.24, 2.45) is 5.92 Å². The Bertz CT molecular complexity index is 124. The molecule has 3 heteroatoms. The minimum atomic E-state index is -0.0266. The first-order valence-electron chi connectivity index (χ1n) is 4.42. The Labute approximate surface area is 74.5 Å². The van der Waals surface area contributed by atoms with Gasteiger partial charge in [0.05, 0.1) is 0 Å². The van der Waals surface area contributed by atoms with E-state index in [1.54, 1.807) is 0 Å². The Morgan fingerprint density at radius 2 is 2.17 bits per heavy atom. The number of hydrogen-bond acceptors (Lipinski definition) is 2. The lowest BCUT2D eigenvalue weighted by Crippen LogP contribution is -2.28. The van der Waals surface area contributed by atoms with E-state index in [2.05, 4.69) is 23.9 Å². The summed E-state index contributed by atoms with van der Waals surface area (Å²) in [6, 6.07) is 0. The van der Waals surface area contributed by atoms with Gasteiger partial charge in [0.1, 0.15) is 6.61 Å². The highest BCUT2D eigenvalue weighted by Crippen LogP contribution is 2.01. The SMILES string of the molecule is COCC(=O)NCCCC(C)C. The van der Waals surface area contributed by atoms with Crippen molar-refractivity contribution in [1.82, 2.24) is 5.32 Å². The van der Waals surface area contributed by atoms with Gasteiger partial charge in [0.15, 0.2) is 0 Å². The zero-order chi connectivity index (χ0) is 9.40. The molecular weight excluding hydrogens is 154 g/mol. The number of methoxy groups -OCH3 is 1. The summed E-state index contributed by atoms with van der Waals surface area (Å²) in [5.74, 6) is 0.686. The third-order valence-corrected chi connectivity index (χ3v) is 1.56. The molecule has 3 nitrogen and oxygen atoms in total. The Morgan fingerprint density at radius 1 is 1.50 bits per heavy atom. The molecule has 72 valence electrons. The summed E-state index contributed by atoms with van der Waals surface area (Å²) in [6.45, 7) is 5.29. The van der Waals surface area contributed by atoms with Gasteiger partial charge in [0, 0.05) is 13.7 Å². The molecule has 0 aliphatic heterocycles. The molecule has 0 bridgehead atoms. The van der Waals surface area contributed by atoms with Gasteiger partial charge in [0.2, 0.25) is 5.91 Å². The highest BCUT2D eigenvalue weighted by molar-refractivity contribution is 5.77. The molecule has 1 amide bonds. The second-order valence-corrected chi connectivity index (χ2v) is 3.32. The zero-order valence-electron chi connectivity index (χ0n) is 8.22. The molecule has 0 saturated carbocycles. The average Bonchev–Trinajstić information content (AvgIpc) is 1.98. The van der Waals surface area contributed by atoms with Crippen LogP contribution in [-0.4, -0.2) is 26.2 Å². The number of hydrogen-bond donors (Lipinski definition) is 1. The van der Waals surface area contributed by atoms with E-state index in [0.29, 0.717) is 5.92 Å². The van der Waals surface area contributed by atoms with E-state index in [9.17, 15) is 4.79 Å². The molecule has 0 rings (SSSR count). The van der Waals surface area contributed by atoms with Gasteiger partial charge in [-0.15, -0.1) is 0 Å². The molecule has 0 radical (unpaired) electrons. The maximum Gasteiger partial charge on any atom is 0.245 e. The minimum absolute atomic E-state index is 0.0266. The van der Waals surface area contributed by atoms with Gasteiger partial charge in [-0.2, -0.15) is 0 Å². The summed E-state index contributed by atoms with van der Waals surface area (Å²) in [7, 11) is 1.52. The van der Waals surface area contributed by atoms with E-state index < -0.39 is 0 Å². The first-order valence-corrected chi connectivity index (χ1v) is 4.42. The average molecular weight is 173 g/mol. The van der Waals surface area contributed by atoms with Crippen molar-refractivity contribution in [2.75, 3.05) is 20.3 Å². The third kappa shape index (κ3) is 7.54. The van der Waals surface area contributed by atoms with Crippen molar-refractivity contribution in [3.63, 3.8) is 0 Å². The van der Waals surface area contributed by atoms with E-state index in [1.165, 1.54) is 7.11 Å². The molecular formula is C9H19NO2. The van der Waals surface area contributed by atoms with Crippen molar-refractivity contribution in [2.45, 2.75) is 26.7 Å². The van der Waals surface area contributed by atoms with Crippen LogP contribution in [0, 0.1) is 5.92 Å². The van der Waals surface area contributed by atoms with Crippen LogP contribution in [0.3, 0.4) is 0 Å². The predicted molar refractivity (Wildman–Crippen MR) is 49.0 cm³/mol. The van der Waals surface area contributed by atoms with Gasteiger partial charge in [-0.3, -0.25) is 4.79 Å². The van der Waals surface area contributed by atoms with Crippen molar-refractivity contribution in [1.29, 1.82) is 0 Å². The third-order valence-electron chi connectivity index (χ3n) is 1.56. The monoisotopic (exact) mass is 173 g/mol. The number of nitrogens with one attached hydrogen (secondary N) is 1. The van der Waals surface area contributed by atoms with Gasteiger partial charge in [-0.1, -0.05) is 13.8 Å². The molecule has 1 N–H and O–H groups in total. The molecule has 0 spiro atoms. The topological polar surface area (TPSA) is 38.3 Å². The van der Waals surface area contributed by atoms with Crippen molar-refractivity contribution in [3.05, 3.63) is 0 Å². The van der Waals surface area contributed by atoms with Crippen LogP contribution >= 0.6 is 0 Å². The van der Waals surface area contributed by atoms with Crippen molar-refractivity contribution >= 4 is 5.91 Å². The second-order valence-electron chi connectivity index (χ2n) is 3.32. The molecule has 0 unspecified atom stereocenters. The number of rotatable bonds is 6. The van der Waals surface area contributed by atoms with Gasteiger partial charge < -0.3 is 10.1 Å². The van der Waals surface area contributed by atoms with Crippen LogP contribution in [0.5, 0.6) is 0 Å². The van der Waals surface area contributed by atoms with Crippen LogP contribution in [0.15, 0.2) is 0 Å². The Morgan fingerprint density at radius 3 is 2.67 bits per heavy atom. The number of ether oxygens (including phenoxy) is 1. The number of amides is 1. The first kappa shape index (κ1) is 11.4. The summed E-state index contributed by atoms with van der Waals surface area (Å²) in [6.07, 6.45) is 2.21. The molecule has 0 aliphatic rings. The van der Waals surface area contributed by atoms with Gasteiger partial charge in [0.25, 0.3) is 0 Å². The quantitative estimate of drug-likeness (QED) is 0.613. The Kier molecular flexibility index (Phi) is 6.76. The lowest BCUT2D eigenvalue weighted by atomic mass is 10.1.